The van der Waals surface area contributed by atoms with Crippen molar-refractivity contribution < 1.29 is 9.84 Å². The van der Waals surface area contributed by atoms with Crippen LogP contribution in [0.5, 0.6) is 5.75 Å². The van der Waals surface area contributed by atoms with Crippen LogP contribution in [0.2, 0.25) is 5.02 Å². The van der Waals surface area contributed by atoms with Crippen molar-refractivity contribution in [1.82, 2.24) is 9.55 Å². The lowest BCUT2D eigenvalue weighted by Crippen LogP contribution is -2.00. The van der Waals surface area contributed by atoms with Crippen LogP contribution in [-0.2, 0) is 6.54 Å². The van der Waals surface area contributed by atoms with Gasteiger partial charge in [-0.15, -0.1) is 0 Å². The molecule has 4 nitrogen and oxygen atoms in total. The number of benzene rings is 3. The highest BCUT2D eigenvalue weighted by Gasteiger charge is 2.18. The molecule has 3 aromatic carbocycles. The number of aromatic nitrogens is 2. The standard InChI is InChI=1S/C24H21ClN2O2/c1-29-15-7-8-22-18(11-15)24-20-14-26-13-19(20)17(16-5-2-3-6-21(16)25)12-23(24)27(22)9-4-10-28/h2-3,5-8,11-14,26,28H,4,9-10H2,1H3. The first-order valence-electron chi connectivity index (χ1n) is 9.68. The van der Waals surface area contributed by atoms with Crippen LogP contribution in [0.25, 0.3) is 43.7 Å². The van der Waals surface area contributed by atoms with Crippen molar-refractivity contribution in [3.05, 3.63) is 65.9 Å². The molecular formula is C24H21ClN2O2. The van der Waals surface area contributed by atoms with Crippen LogP contribution < -0.4 is 4.74 Å². The first-order chi connectivity index (χ1) is 14.2. The third-order valence-corrected chi connectivity index (χ3v) is 5.93. The van der Waals surface area contributed by atoms with Crippen LogP contribution >= 0.6 is 11.6 Å². The van der Waals surface area contributed by atoms with Gasteiger partial charge in [0.1, 0.15) is 5.75 Å². The lowest BCUT2D eigenvalue weighted by molar-refractivity contribution is 0.281. The van der Waals surface area contributed by atoms with Crippen LogP contribution in [0.15, 0.2) is 60.9 Å². The number of aliphatic hydroxyl groups is 1. The number of hydrogen-bond acceptors (Lipinski definition) is 2. The van der Waals surface area contributed by atoms with E-state index in [1.165, 1.54) is 5.39 Å². The fourth-order valence-corrected chi connectivity index (χ4v) is 4.53. The monoisotopic (exact) mass is 404 g/mol. The van der Waals surface area contributed by atoms with Crippen LogP contribution in [0, 0.1) is 0 Å². The predicted molar refractivity (Wildman–Crippen MR) is 120 cm³/mol. The molecule has 0 bridgehead atoms. The molecule has 0 spiro atoms. The molecule has 5 heteroatoms. The molecule has 29 heavy (non-hydrogen) atoms. The predicted octanol–water partition coefficient (Wildman–Crippen LogP) is 5.99. The second-order valence-corrected chi connectivity index (χ2v) is 7.60. The fraction of sp³-hybridized carbons (Fsp3) is 0.167. The minimum absolute atomic E-state index is 0.154. The van der Waals surface area contributed by atoms with Gasteiger partial charge in [-0.3, -0.25) is 0 Å². The number of H-pyrrole nitrogens is 1. The van der Waals surface area contributed by atoms with Crippen molar-refractivity contribution in [3.8, 4) is 16.9 Å². The van der Waals surface area contributed by atoms with Gasteiger partial charge in [-0.1, -0.05) is 29.8 Å². The number of ether oxygens (including phenoxy) is 1. The van der Waals surface area contributed by atoms with Gasteiger partial charge < -0.3 is 19.4 Å². The van der Waals surface area contributed by atoms with E-state index in [1.54, 1.807) is 7.11 Å². The molecule has 146 valence electrons. The van der Waals surface area contributed by atoms with Gasteiger partial charge in [0.2, 0.25) is 0 Å². The van der Waals surface area contributed by atoms with E-state index in [-0.39, 0.29) is 6.61 Å². The Labute approximate surface area is 173 Å². The molecule has 0 aliphatic carbocycles. The highest BCUT2D eigenvalue weighted by Crippen LogP contribution is 2.42. The number of rotatable bonds is 5. The van der Waals surface area contributed by atoms with Crippen molar-refractivity contribution in [2.45, 2.75) is 13.0 Å². The molecule has 2 N–H and O–H groups in total. The summed E-state index contributed by atoms with van der Waals surface area (Å²) in [6.07, 6.45) is 4.77. The van der Waals surface area contributed by atoms with Gasteiger partial charge in [0, 0.05) is 63.2 Å². The molecule has 0 saturated carbocycles. The number of aromatic amines is 1. The second kappa shape index (κ2) is 7.14. The Hall–Kier alpha value is -2.95. The molecule has 0 unspecified atom stereocenters. The average molecular weight is 405 g/mol. The Bertz CT molecular complexity index is 1350. The minimum atomic E-state index is 0.154. The molecular weight excluding hydrogens is 384 g/mol. The van der Waals surface area contributed by atoms with Crippen LogP contribution in [0.3, 0.4) is 0 Å². The van der Waals surface area contributed by atoms with Gasteiger partial charge in [-0.05, 0) is 42.3 Å². The summed E-state index contributed by atoms with van der Waals surface area (Å²) in [5.41, 5.74) is 4.37. The number of halogens is 1. The summed E-state index contributed by atoms with van der Waals surface area (Å²) in [6, 6.07) is 16.3. The number of nitrogens with one attached hydrogen (secondary N) is 1. The van der Waals surface area contributed by atoms with Gasteiger partial charge >= 0.3 is 0 Å². The molecule has 0 fully saturated rings. The normalized spacial score (nSPS) is 11.7. The Morgan fingerprint density at radius 1 is 0.966 bits per heavy atom. The van der Waals surface area contributed by atoms with Crippen LogP contribution in [-0.4, -0.2) is 28.4 Å². The summed E-state index contributed by atoms with van der Waals surface area (Å²) >= 11 is 6.55. The Kier molecular flexibility index (Phi) is 4.46. The van der Waals surface area contributed by atoms with Crippen molar-refractivity contribution in [3.63, 3.8) is 0 Å². The molecule has 5 aromatic rings. The van der Waals surface area contributed by atoms with E-state index in [9.17, 15) is 5.11 Å². The highest BCUT2D eigenvalue weighted by molar-refractivity contribution is 6.34. The largest absolute Gasteiger partial charge is 0.497 e. The van der Waals surface area contributed by atoms with E-state index < -0.39 is 0 Å². The maximum atomic E-state index is 9.44. The summed E-state index contributed by atoms with van der Waals surface area (Å²) in [5.74, 6) is 0.831. The molecule has 0 radical (unpaired) electrons. The van der Waals surface area contributed by atoms with Gasteiger partial charge in [0.15, 0.2) is 0 Å². The number of aryl methyl sites for hydroxylation is 1. The summed E-state index contributed by atoms with van der Waals surface area (Å²) in [5, 5.41) is 14.8. The second-order valence-electron chi connectivity index (χ2n) is 7.19. The van der Waals surface area contributed by atoms with Gasteiger partial charge in [0.05, 0.1) is 12.6 Å². The lowest BCUT2D eigenvalue weighted by atomic mass is 9.97. The number of fused-ring (bicyclic) bond motifs is 5. The first-order valence-corrected chi connectivity index (χ1v) is 10.1. The van der Waals surface area contributed by atoms with E-state index in [4.69, 9.17) is 16.3 Å². The van der Waals surface area contributed by atoms with Gasteiger partial charge in [-0.25, -0.2) is 0 Å². The lowest BCUT2D eigenvalue weighted by Gasteiger charge is -2.10. The summed E-state index contributed by atoms with van der Waals surface area (Å²) in [4.78, 5) is 3.28. The van der Waals surface area contributed by atoms with E-state index in [0.29, 0.717) is 6.42 Å². The molecule has 5 rings (SSSR count). The Balaban J connectivity index is 1.94. The maximum Gasteiger partial charge on any atom is 0.119 e. The maximum absolute atomic E-state index is 9.44. The Morgan fingerprint density at radius 3 is 2.59 bits per heavy atom. The van der Waals surface area contributed by atoms with Crippen LogP contribution in [0.1, 0.15) is 6.42 Å². The summed E-state index contributed by atoms with van der Waals surface area (Å²) in [7, 11) is 1.69. The summed E-state index contributed by atoms with van der Waals surface area (Å²) < 4.78 is 7.77. The SMILES string of the molecule is COc1ccc2c(c1)c1c3c[nH]cc3c(-c3ccccc3Cl)cc1n2CCCO. The molecule has 0 atom stereocenters. The number of methoxy groups -OCH3 is 1. The van der Waals surface area contributed by atoms with E-state index in [0.717, 1.165) is 55.6 Å². The van der Waals surface area contributed by atoms with Gasteiger partial charge in [0.25, 0.3) is 0 Å². The Morgan fingerprint density at radius 2 is 1.79 bits per heavy atom. The molecule has 0 amide bonds. The fourth-order valence-electron chi connectivity index (χ4n) is 4.29. The number of aliphatic hydroxyl groups excluding tert-OH is 1. The zero-order valence-corrected chi connectivity index (χ0v) is 16.8. The zero-order valence-electron chi connectivity index (χ0n) is 16.1. The molecule has 0 aliphatic heterocycles. The highest BCUT2D eigenvalue weighted by atomic mass is 35.5. The topological polar surface area (TPSA) is 50.2 Å². The molecule has 0 saturated heterocycles. The number of nitrogens with zero attached hydrogens (tertiary/aromatic N) is 1. The zero-order chi connectivity index (χ0) is 20.0. The number of hydrogen-bond donors (Lipinski definition) is 2. The van der Waals surface area contributed by atoms with Crippen LogP contribution in [0.4, 0.5) is 0 Å². The molecule has 2 aromatic heterocycles. The summed E-state index contributed by atoms with van der Waals surface area (Å²) in [6.45, 7) is 0.891. The first kappa shape index (κ1) is 18.1. The quantitative estimate of drug-likeness (QED) is 0.378. The van der Waals surface area contributed by atoms with Crippen molar-refractivity contribution in [2.24, 2.45) is 0 Å². The van der Waals surface area contributed by atoms with Crippen molar-refractivity contribution in [1.29, 1.82) is 0 Å². The molecule has 0 aliphatic rings. The van der Waals surface area contributed by atoms with E-state index in [1.807, 2.05) is 36.7 Å². The molecule has 2 heterocycles. The smallest absolute Gasteiger partial charge is 0.119 e. The van der Waals surface area contributed by atoms with Crippen molar-refractivity contribution >= 4 is 44.2 Å². The minimum Gasteiger partial charge on any atom is -0.497 e. The average Bonchev–Trinajstić information content (AvgIpc) is 3.34. The van der Waals surface area contributed by atoms with Gasteiger partial charge in [-0.2, -0.15) is 0 Å². The van der Waals surface area contributed by atoms with E-state index >= 15 is 0 Å². The third kappa shape index (κ3) is 2.79. The third-order valence-electron chi connectivity index (χ3n) is 5.60. The van der Waals surface area contributed by atoms with Crippen molar-refractivity contribution in [2.75, 3.05) is 13.7 Å². The van der Waals surface area contributed by atoms with E-state index in [2.05, 4.69) is 33.8 Å².